The maximum Gasteiger partial charge on any atom is 0.252 e. The molecule has 0 saturated heterocycles. The van der Waals surface area contributed by atoms with E-state index >= 15 is 0 Å². The lowest BCUT2D eigenvalue weighted by Gasteiger charge is -2.45. The Kier molecular flexibility index (Phi) is 9.71. The number of benzene rings is 13. The van der Waals surface area contributed by atoms with Crippen LogP contribution in [0.2, 0.25) is 0 Å². The van der Waals surface area contributed by atoms with Gasteiger partial charge in [-0.15, -0.1) is 0 Å². The quantitative estimate of drug-likeness (QED) is 0.141. The summed E-state index contributed by atoms with van der Waals surface area (Å²) in [6.07, 6.45) is 0. The number of aromatic nitrogens is 2. The molecule has 13 aromatic carbocycles. The standard InChI is InChI=1S/C94H83BN4/c1-91(2,3)64-32-21-28-60(54-64)70-40-25-41-71(61-29-22-33-65(55-61)92(4,5)6)89(70)98-84-48-27-49-85-88(84)95(78-52-50-68(58-86(78)98)96-80-44-17-13-36-74(80)75-37-14-18-45-81(75)96)79-53-51-69(97-82-46-19-15-38-76(82)77-39-16-20-47-83(77)97)59-87(79)99(85)90-72(62-30-23-34-66(56-62)93(7,8)9)42-26-43-73(90)63-31-24-35-67(57-63)94(10,11)12/h13-59H,1-12H3/i13D,14D,15D,16D,17D,18D,19D,20D,36D,37D,38D,39D,44D,45D,46D,47D,50D,51D,52D,53D,58D,59D. The van der Waals surface area contributed by atoms with Crippen molar-refractivity contribution in [2.45, 2.75) is 105 Å². The van der Waals surface area contributed by atoms with E-state index in [4.69, 9.17) is 5.48 Å². The van der Waals surface area contributed by atoms with Crippen molar-refractivity contribution in [1.29, 1.82) is 0 Å². The van der Waals surface area contributed by atoms with Gasteiger partial charge in [-0.25, -0.2) is 0 Å². The topological polar surface area (TPSA) is 16.3 Å². The van der Waals surface area contributed by atoms with Gasteiger partial charge in [0, 0.05) is 77.9 Å². The maximum atomic E-state index is 11.6. The Morgan fingerprint density at radius 1 is 0.293 bits per heavy atom. The summed E-state index contributed by atoms with van der Waals surface area (Å²) in [6.45, 7) is 23.6. The van der Waals surface area contributed by atoms with Gasteiger partial charge in [0.25, 0.3) is 6.71 Å². The van der Waals surface area contributed by atoms with E-state index in [0.717, 1.165) is 31.4 Å². The summed E-state index contributed by atoms with van der Waals surface area (Å²) in [6, 6.07) is 33.8. The highest BCUT2D eigenvalue weighted by Gasteiger charge is 2.45. The molecule has 5 heteroatoms. The van der Waals surface area contributed by atoms with Gasteiger partial charge >= 0.3 is 0 Å². The van der Waals surface area contributed by atoms with Gasteiger partial charge in [-0.05, 0) is 143 Å². The number of hydrogen-bond acceptors (Lipinski definition) is 2. The highest BCUT2D eigenvalue weighted by atomic mass is 15.2. The molecule has 0 unspecified atom stereocenters. The molecule has 0 saturated carbocycles. The predicted molar refractivity (Wildman–Crippen MR) is 426 cm³/mol. The Bertz CT molecular complexity index is 6410. The summed E-state index contributed by atoms with van der Waals surface area (Å²) >= 11 is 0. The van der Waals surface area contributed by atoms with Gasteiger partial charge in [0.2, 0.25) is 0 Å². The van der Waals surface area contributed by atoms with Crippen LogP contribution < -0.4 is 26.2 Å². The normalized spacial score (nSPS) is 16.3. The van der Waals surface area contributed by atoms with Crippen LogP contribution in [0.5, 0.6) is 0 Å². The molecule has 0 atom stereocenters. The zero-order valence-corrected chi connectivity index (χ0v) is 57.3. The monoisotopic (exact) mass is 1300 g/mol. The van der Waals surface area contributed by atoms with Crippen LogP contribution in [0.1, 0.15) is 135 Å². The Labute approximate surface area is 615 Å². The van der Waals surface area contributed by atoms with Crippen LogP contribution in [0.3, 0.4) is 0 Å². The Morgan fingerprint density at radius 3 is 0.859 bits per heavy atom. The zero-order chi connectivity index (χ0) is 87.2. The summed E-state index contributed by atoms with van der Waals surface area (Å²) in [5.41, 5.74) is 5.58. The molecule has 0 radical (unpaired) electrons. The molecule has 15 aromatic rings. The lowest BCUT2D eigenvalue weighted by Crippen LogP contribution is -2.61. The van der Waals surface area contributed by atoms with E-state index in [2.05, 4.69) is 107 Å². The van der Waals surface area contributed by atoms with E-state index in [0.29, 0.717) is 72.7 Å². The minimum Gasteiger partial charge on any atom is -0.310 e. The molecule has 4 nitrogen and oxygen atoms in total. The first kappa shape index (κ1) is 42.1. The number of anilines is 6. The van der Waals surface area contributed by atoms with E-state index in [1.54, 1.807) is 0 Å². The number of fused-ring (bicyclic) bond motifs is 10. The van der Waals surface area contributed by atoms with Gasteiger partial charge in [0.15, 0.2) is 0 Å². The largest absolute Gasteiger partial charge is 0.310 e. The average molecular weight is 1300 g/mol. The predicted octanol–water partition coefficient (Wildman–Crippen LogP) is 23.8. The fourth-order valence-corrected chi connectivity index (χ4v) is 14.6. The molecule has 99 heavy (non-hydrogen) atoms. The zero-order valence-electron chi connectivity index (χ0n) is 79.3. The highest BCUT2D eigenvalue weighted by Crippen LogP contribution is 2.54. The van der Waals surface area contributed by atoms with Crippen LogP contribution in [0.15, 0.2) is 285 Å². The summed E-state index contributed by atoms with van der Waals surface area (Å²) in [5.74, 6) is 0. The van der Waals surface area contributed by atoms with Crippen molar-refractivity contribution in [3.63, 3.8) is 0 Å². The Morgan fingerprint density at radius 2 is 0.566 bits per heavy atom. The first-order valence-corrected chi connectivity index (χ1v) is 33.6. The highest BCUT2D eigenvalue weighted by molar-refractivity contribution is 7.00. The van der Waals surface area contributed by atoms with Crippen LogP contribution in [0, 0.1) is 0 Å². The first-order chi connectivity index (χ1) is 56.8. The molecular formula is C94H83BN4. The number of para-hydroxylation sites is 6. The molecule has 4 heterocycles. The van der Waals surface area contributed by atoms with Gasteiger partial charge < -0.3 is 18.9 Å². The second-order valence-electron chi connectivity index (χ2n) is 30.1. The van der Waals surface area contributed by atoms with Crippen molar-refractivity contribution in [3.05, 3.63) is 307 Å². The molecule has 482 valence electrons. The molecular weight excluding hydrogens is 1200 g/mol. The maximum absolute atomic E-state index is 11.6. The van der Waals surface area contributed by atoms with Crippen molar-refractivity contribution in [3.8, 4) is 55.9 Å². The third kappa shape index (κ3) is 10.2. The molecule has 0 amide bonds. The van der Waals surface area contributed by atoms with Crippen LogP contribution >= 0.6 is 0 Å². The summed E-state index contributed by atoms with van der Waals surface area (Å²) < 4.78 is 221. The first-order valence-electron chi connectivity index (χ1n) is 44.6. The minimum absolute atomic E-state index is 0.152. The Hall–Kier alpha value is -10.9. The molecule has 17 rings (SSSR count). The number of hydrogen-bond donors (Lipinski definition) is 0. The fourth-order valence-electron chi connectivity index (χ4n) is 14.6. The second kappa shape index (κ2) is 22.9. The summed E-state index contributed by atoms with van der Waals surface area (Å²) in [5, 5.41) is -1.39. The lowest BCUT2D eigenvalue weighted by molar-refractivity contribution is 0.590. The summed E-state index contributed by atoms with van der Waals surface area (Å²) in [7, 11) is 0. The van der Waals surface area contributed by atoms with Crippen molar-refractivity contribution in [2.24, 2.45) is 0 Å². The van der Waals surface area contributed by atoms with E-state index in [-0.39, 0.29) is 43.8 Å². The summed E-state index contributed by atoms with van der Waals surface area (Å²) in [4.78, 5) is 3.72. The Balaban J connectivity index is 1.14. The fraction of sp³-hybridized carbons (Fsp3) is 0.170. The van der Waals surface area contributed by atoms with Crippen molar-refractivity contribution in [2.75, 3.05) is 9.80 Å². The molecule has 2 aliphatic rings. The van der Waals surface area contributed by atoms with Crippen LogP contribution in [0.4, 0.5) is 34.1 Å². The molecule has 2 aliphatic heterocycles. The number of nitrogens with zero attached hydrogens (tertiary/aromatic N) is 4. The van der Waals surface area contributed by atoms with Crippen molar-refractivity contribution < 1.29 is 30.2 Å². The van der Waals surface area contributed by atoms with E-state index in [1.165, 1.54) is 0 Å². The molecule has 0 fully saturated rings. The third-order valence-electron chi connectivity index (χ3n) is 19.7. The minimum atomic E-state index is -1.62. The van der Waals surface area contributed by atoms with E-state index in [1.807, 2.05) is 137 Å². The van der Waals surface area contributed by atoms with E-state index in [9.17, 15) is 24.7 Å². The van der Waals surface area contributed by atoms with Crippen LogP contribution in [-0.4, -0.2) is 15.8 Å². The molecule has 0 bridgehead atoms. The molecule has 0 spiro atoms. The number of rotatable bonds is 8. The lowest BCUT2D eigenvalue weighted by atomic mass is 9.33. The van der Waals surface area contributed by atoms with Gasteiger partial charge in [-0.2, -0.15) is 0 Å². The van der Waals surface area contributed by atoms with Gasteiger partial charge in [0.1, 0.15) is 0 Å². The molecule has 0 N–H and O–H groups in total. The van der Waals surface area contributed by atoms with Gasteiger partial charge in [-0.1, -0.05) is 307 Å². The van der Waals surface area contributed by atoms with Crippen molar-refractivity contribution in [1.82, 2.24) is 9.13 Å². The second-order valence-corrected chi connectivity index (χ2v) is 30.1. The average Bonchev–Trinajstić information content (AvgIpc) is 1.19. The van der Waals surface area contributed by atoms with Gasteiger partial charge in [-0.3, -0.25) is 0 Å². The van der Waals surface area contributed by atoms with Crippen LogP contribution in [0.25, 0.3) is 99.5 Å². The SMILES string of the molecule is [2H]c1c([2H])c(-n2c3c([2H])c([2H])c([2H])c([2H])c3c3c([2H])c([2H])c([2H])c([2H])c32)c([2H])c2c1B1c3c(cccc3N(c3c(-c4cccc(C(C)(C)C)c4)cccc3-c3cccc(C(C)(C)C)c3)c3c([2H])c(-n4c5c([2H])c([2H])c([2H])c([2H])c5c5c([2H])c([2H])c([2H])c([2H])c54)c([2H])c([2H])c31)N2c1c(-c2cccc(C(C)(C)C)c2)cccc1-c1cccc(C(C)(C)C)c1. The smallest absolute Gasteiger partial charge is 0.252 e. The molecule has 2 aromatic heterocycles. The van der Waals surface area contributed by atoms with Crippen molar-refractivity contribution >= 4 is 101 Å². The van der Waals surface area contributed by atoms with Gasteiger partial charge in [0.05, 0.1) is 63.6 Å². The van der Waals surface area contributed by atoms with Crippen LogP contribution in [-0.2, 0) is 21.7 Å². The molecule has 0 aliphatic carbocycles. The third-order valence-corrected chi connectivity index (χ3v) is 19.7. The van der Waals surface area contributed by atoms with E-state index < -0.39 is 195 Å².